The highest BCUT2D eigenvalue weighted by Gasteiger charge is 2.15. The van der Waals surface area contributed by atoms with Crippen LogP contribution in [0.2, 0.25) is 0 Å². The first kappa shape index (κ1) is 20.2. The maximum absolute atomic E-state index is 10.2. The average molecular weight is 360 g/mol. The summed E-state index contributed by atoms with van der Waals surface area (Å²) >= 11 is 0. The maximum atomic E-state index is 10.2. The molecule has 3 unspecified atom stereocenters. The van der Waals surface area contributed by atoms with Gasteiger partial charge in [0.25, 0.3) is 0 Å². The van der Waals surface area contributed by atoms with E-state index >= 15 is 0 Å². The Morgan fingerprint density at radius 3 is 2.38 bits per heavy atom. The molecule has 0 saturated carbocycles. The van der Waals surface area contributed by atoms with Gasteiger partial charge in [-0.2, -0.15) is 0 Å². The van der Waals surface area contributed by atoms with Gasteiger partial charge in [-0.25, -0.2) is 0 Å². The number of benzene rings is 1. The molecule has 0 bridgehead atoms. The lowest BCUT2D eigenvalue weighted by atomic mass is 10.1. The van der Waals surface area contributed by atoms with Crippen molar-refractivity contribution < 1.29 is 19.7 Å². The topological polar surface area (TPSA) is 83.8 Å². The van der Waals surface area contributed by atoms with Gasteiger partial charge >= 0.3 is 0 Å². The number of pyridine rings is 1. The van der Waals surface area contributed by atoms with E-state index in [1.54, 1.807) is 12.3 Å². The molecule has 0 amide bonds. The van der Waals surface area contributed by atoms with E-state index in [1.807, 2.05) is 50.2 Å². The van der Waals surface area contributed by atoms with Crippen LogP contribution < -0.4 is 14.8 Å². The van der Waals surface area contributed by atoms with E-state index in [4.69, 9.17) is 9.47 Å². The summed E-state index contributed by atoms with van der Waals surface area (Å²) in [5.41, 5.74) is 0.651. The molecule has 0 saturated heterocycles. The van der Waals surface area contributed by atoms with Crippen LogP contribution in [0.1, 0.15) is 32.1 Å². The molecule has 1 heterocycles. The molecule has 0 aliphatic carbocycles. The smallest absolute Gasteiger partial charge is 0.161 e. The lowest BCUT2D eigenvalue weighted by molar-refractivity contribution is 0.0965. The van der Waals surface area contributed by atoms with Crippen molar-refractivity contribution in [2.24, 2.45) is 0 Å². The van der Waals surface area contributed by atoms with Crippen LogP contribution in [-0.2, 0) is 0 Å². The van der Waals surface area contributed by atoms with Crippen LogP contribution in [0.3, 0.4) is 0 Å². The Morgan fingerprint density at radius 1 is 1.04 bits per heavy atom. The van der Waals surface area contributed by atoms with E-state index in [9.17, 15) is 10.2 Å². The lowest BCUT2D eigenvalue weighted by Gasteiger charge is -2.20. The Hall–Kier alpha value is -2.15. The van der Waals surface area contributed by atoms with Crippen molar-refractivity contribution in [2.75, 3.05) is 19.8 Å². The molecule has 3 atom stereocenters. The molecule has 1 aromatic heterocycles. The van der Waals surface area contributed by atoms with Crippen LogP contribution >= 0.6 is 0 Å². The Labute approximate surface area is 154 Å². The largest absolute Gasteiger partial charge is 0.490 e. The Balaban J connectivity index is 1.72. The zero-order valence-corrected chi connectivity index (χ0v) is 15.3. The first-order valence-electron chi connectivity index (χ1n) is 8.95. The highest BCUT2D eigenvalue weighted by molar-refractivity contribution is 5.39. The number of nitrogens with zero attached hydrogens (tertiary/aromatic N) is 1. The van der Waals surface area contributed by atoms with Crippen LogP contribution in [0.4, 0.5) is 0 Å². The van der Waals surface area contributed by atoms with E-state index in [0.717, 1.165) is 0 Å². The van der Waals surface area contributed by atoms with Crippen molar-refractivity contribution in [3.8, 4) is 11.5 Å². The van der Waals surface area contributed by atoms with Crippen LogP contribution in [0.15, 0.2) is 48.7 Å². The minimum atomic E-state index is -0.667. The van der Waals surface area contributed by atoms with Gasteiger partial charge in [0.15, 0.2) is 11.5 Å². The minimum absolute atomic E-state index is 0.0253. The first-order valence-corrected chi connectivity index (χ1v) is 8.95. The maximum Gasteiger partial charge on any atom is 0.161 e. The summed E-state index contributed by atoms with van der Waals surface area (Å²) in [7, 11) is 0. The number of aliphatic hydroxyl groups excluding tert-OH is 2. The average Bonchev–Trinajstić information content (AvgIpc) is 2.66. The number of para-hydroxylation sites is 2. The summed E-state index contributed by atoms with van der Waals surface area (Å²) in [5.74, 6) is 1.29. The molecule has 0 radical (unpaired) electrons. The van der Waals surface area contributed by atoms with Gasteiger partial charge < -0.3 is 25.0 Å². The summed E-state index contributed by atoms with van der Waals surface area (Å²) in [6, 6.07) is 12.9. The molecular weight excluding hydrogens is 332 g/mol. The van der Waals surface area contributed by atoms with Crippen LogP contribution in [0, 0.1) is 0 Å². The summed E-state index contributed by atoms with van der Waals surface area (Å²) < 4.78 is 11.2. The monoisotopic (exact) mass is 360 g/mol. The highest BCUT2D eigenvalue weighted by Crippen LogP contribution is 2.26. The first-order chi connectivity index (χ1) is 12.6. The molecule has 142 valence electrons. The molecular formula is C20H28N2O4. The second-order valence-electron chi connectivity index (χ2n) is 6.16. The molecule has 6 heteroatoms. The Morgan fingerprint density at radius 2 is 1.73 bits per heavy atom. The molecule has 3 N–H and O–H groups in total. The third-order valence-electron chi connectivity index (χ3n) is 3.89. The van der Waals surface area contributed by atoms with Crippen LogP contribution in [-0.4, -0.2) is 47.1 Å². The summed E-state index contributed by atoms with van der Waals surface area (Å²) in [6.07, 6.45) is 0.875. The number of aliphatic hydroxyl groups is 2. The second-order valence-corrected chi connectivity index (χ2v) is 6.16. The van der Waals surface area contributed by atoms with Crippen molar-refractivity contribution in [3.63, 3.8) is 0 Å². The van der Waals surface area contributed by atoms with Gasteiger partial charge in [0.05, 0.1) is 18.4 Å². The zero-order chi connectivity index (χ0) is 18.8. The quantitative estimate of drug-likeness (QED) is 0.570. The zero-order valence-electron chi connectivity index (χ0n) is 15.3. The molecule has 0 aliphatic rings. The molecule has 2 aromatic rings. The SMILES string of the molecule is CCOc1ccccc1OCC(O)CNC(C)CC(O)c1ccccn1. The molecule has 1 aromatic carbocycles. The fourth-order valence-electron chi connectivity index (χ4n) is 2.54. The van der Waals surface area contributed by atoms with E-state index < -0.39 is 12.2 Å². The van der Waals surface area contributed by atoms with E-state index in [-0.39, 0.29) is 12.6 Å². The Kier molecular flexibility index (Phi) is 8.34. The molecule has 0 aliphatic heterocycles. The van der Waals surface area contributed by atoms with Crippen molar-refractivity contribution in [1.29, 1.82) is 0 Å². The predicted molar refractivity (Wildman–Crippen MR) is 100 cm³/mol. The van der Waals surface area contributed by atoms with Crippen LogP contribution in [0.25, 0.3) is 0 Å². The third kappa shape index (κ3) is 6.63. The van der Waals surface area contributed by atoms with Gasteiger partial charge in [-0.05, 0) is 44.5 Å². The molecule has 0 spiro atoms. The number of aromatic nitrogens is 1. The van der Waals surface area contributed by atoms with E-state index in [1.165, 1.54) is 0 Å². The minimum Gasteiger partial charge on any atom is -0.490 e. The summed E-state index contributed by atoms with van der Waals surface area (Å²) in [4.78, 5) is 4.15. The normalized spacial score (nSPS) is 14.5. The van der Waals surface area contributed by atoms with Crippen LogP contribution in [0.5, 0.6) is 11.5 Å². The number of nitrogens with one attached hydrogen (secondary N) is 1. The van der Waals surface area contributed by atoms with Gasteiger partial charge in [0, 0.05) is 18.8 Å². The lowest BCUT2D eigenvalue weighted by Crippen LogP contribution is -2.37. The number of rotatable bonds is 11. The molecule has 0 fully saturated rings. The van der Waals surface area contributed by atoms with Crippen molar-refractivity contribution >= 4 is 0 Å². The number of hydrogen-bond donors (Lipinski definition) is 3. The van der Waals surface area contributed by atoms with Gasteiger partial charge in [-0.1, -0.05) is 18.2 Å². The van der Waals surface area contributed by atoms with Gasteiger partial charge in [-0.3, -0.25) is 4.98 Å². The molecule has 2 rings (SSSR count). The molecule has 26 heavy (non-hydrogen) atoms. The molecule has 6 nitrogen and oxygen atoms in total. The summed E-state index contributed by atoms with van der Waals surface area (Å²) in [6.45, 7) is 4.96. The highest BCUT2D eigenvalue weighted by atomic mass is 16.5. The second kappa shape index (κ2) is 10.8. The van der Waals surface area contributed by atoms with Crippen molar-refractivity contribution in [1.82, 2.24) is 10.3 Å². The van der Waals surface area contributed by atoms with Gasteiger partial charge in [-0.15, -0.1) is 0 Å². The number of ether oxygens (including phenoxy) is 2. The van der Waals surface area contributed by atoms with Gasteiger partial charge in [0.2, 0.25) is 0 Å². The fourth-order valence-corrected chi connectivity index (χ4v) is 2.54. The van der Waals surface area contributed by atoms with Crippen molar-refractivity contribution in [2.45, 2.75) is 38.5 Å². The Bertz CT molecular complexity index is 639. The number of hydrogen-bond acceptors (Lipinski definition) is 6. The third-order valence-corrected chi connectivity index (χ3v) is 3.89. The summed E-state index contributed by atoms with van der Waals surface area (Å²) in [5, 5.41) is 23.5. The standard InChI is InChI=1S/C20H28N2O4/c1-3-25-19-9-4-5-10-20(19)26-14-16(23)13-22-15(2)12-18(24)17-8-6-7-11-21-17/h4-11,15-16,18,22-24H,3,12-14H2,1-2H3. The van der Waals surface area contributed by atoms with E-state index in [2.05, 4.69) is 10.3 Å². The van der Waals surface area contributed by atoms with Crippen molar-refractivity contribution in [3.05, 3.63) is 54.4 Å². The van der Waals surface area contributed by atoms with E-state index in [0.29, 0.717) is 36.8 Å². The van der Waals surface area contributed by atoms with Gasteiger partial charge in [0.1, 0.15) is 12.7 Å². The predicted octanol–water partition coefficient (Wildman–Crippen LogP) is 2.32. The fraction of sp³-hybridized carbons (Fsp3) is 0.450.